The summed E-state index contributed by atoms with van der Waals surface area (Å²) in [7, 11) is 0. The number of benzene rings is 1. The highest BCUT2D eigenvalue weighted by atomic mass is 35.5. The molecule has 1 aliphatic rings. The van der Waals surface area contributed by atoms with Crippen molar-refractivity contribution in [3.8, 4) is 0 Å². The number of rotatable bonds is 0. The van der Waals surface area contributed by atoms with Crippen LogP contribution in [0.2, 0.25) is 5.02 Å². The van der Waals surface area contributed by atoms with Crippen LogP contribution in [0.25, 0.3) is 0 Å². The molecule has 1 unspecified atom stereocenters. The molecule has 1 heterocycles. The normalized spacial score (nSPS) is 19.5. The molecule has 1 aromatic carbocycles. The van der Waals surface area contributed by atoms with Gasteiger partial charge in [-0.15, -0.1) is 0 Å². The maximum Gasteiger partial charge on any atom is 0.141 e. The number of aliphatic hydroxyl groups is 1. The maximum absolute atomic E-state index is 12.3. The fourth-order valence-electron chi connectivity index (χ4n) is 1.15. The third-order valence-corrected chi connectivity index (χ3v) is 2.27. The number of nitrogens with one attached hydrogen (secondary N) is 1. The van der Waals surface area contributed by atoms with Gasteiger partial charge in [0, 0.05) is 12.2 Å². The van der Waals surface area contributed by atoms with Crippen LogP contribution in [0.5, 0.6) is 0 Å². The fraction of sp³-hybridized carbons (Fsp3) is 0.400. The topological polar surface area (TPSA) is 58.3 Å². The Kier molecular flexibility index (Phi) is 4.81. The number of hydrogen-bond donors (Lipinski definition) is 3. The van der Waals surface area contributed by atoms with Crippen molar-refractivity contribution in [3.05, 3.63) is 29.0 Å². The summed E-state index contributed by atoms with van der Waals surface area (Å²) in [5.74, 6) is -0.439. The SMILES string of the molecule is Nc1ccc(F)c(Cl)c1.OC1CCNC1. The average molecular weight is 233 g/mol. The lowest BCUT2D eigenvalue weighted by molar-refractivity contribution is 0.196. The van der Waals surface area contributed by atoms with Crippen molar-refractivity contribution in [3.63, 3.8) is 0 Å². The van der Waals surface area contributed by atoms with Gasteiger partial charge in [0.05, 0.1) is 11.1 Å². The van der Waals surface area contributed by atoms with E-state index in [1.54, 1.807) is 0 Å². The molecular weight excluding hydrogens is 219 g/mol. The summed E-state index contributed by atoms with van der Waals surface area (Å²) in [6, 6.07) is 4.07. The fourth-order valence-corrected chi connectivity index (χ4v) is 1.34. The molecule has 0 bridgehead atoms. The van der Waals surface area contributed by atoms with Gasteiger partial charge in [0.1, 0.15) is 5.82 Å². The Morgan fingerprint density at radius 1 is 1.53 bits per heavy atom. The Hall–Kier alpha value is -0.840. The Morgan fingerprint density at radius 2 is 2.27 bits per heavy atom. The quantitative estimate of drug-likeness (QED) is 0.593. The first kappa shape index (κ1) is 12.2. The molecule has 3 nitrogen and oxygen atoms in total. The van der Waals surface area contributed by atoms with Crippen molar-refractivity contribution in [2.75, 3.05) is 18.8 Å². The van der Waals surface area contributed by atoms with Gasteiger partial charge in [-0.3, -0.25) is 0 Å². The number of anilines is 1. The van der Waals surface area contributed by atoms with E-state index in [1.807, 2.05) is 0 Å². The van der Waals surface area contributed by atoms with Gasteiger partial charge in [-0.2, -0.15) is 0 Å². The first-order valence-corrected chi connectivity index (χ1v) is 5.06. The second-order valence-electron chi connectivity index (χ2n) is 3.32. The van der Waals surface area contributed by atoms with E-state index in [9.17, 15) is 4.39 Å². The number of hydrogen-bond acceptors (Lipinski definition) is 3. The van der Waals surface area contributed by atoms with Crippen LogP contribution in [-0.2, 0) is 0 Å². The van der Waals surface area contributed by atoms with Crippen LogP contribution in [0, 0.1) is 5.82 Å². The summed E-state index contributed by atoms with van der Waals surface area (Å²) in [6.07, 6.45) is 0.866. The summed E-state index contributed by atoms with van der Waals surface area (Å²) in [5.41, 5.74) is 5.75. The molecule has 0 aliphatic carbocycles. The van der Waals surface area contributed by atoms with Crippen LogP contribution in [0.1, 0.15) is 6.42 Å². The highest BCUT2D eigenvalue weighted by Gasteiger charge is 2.08. The Bertz CT molecular complexity index is 316. The summed E-state index contributed by atoms with van der Waals surface area (Å²) in [4.78, 5) is 0. The first-order valence-electron chi connectivity index (χ1n) is 4.69. The van der Waals surface area contributed by atoms with E-state index in [4.69, 9.17) is 22.4 Å². The van der Waals surface area contributed by atoms with Gasteiger partial charge in [0.15, 0.2) is 0 Å². The number of nitrogen functional groups attached to an aromatic ring is 1. The highest BCUT2D eigenvalue weighted by molar-refractivity contribution is 6.31. The van der Waals surface area contributed by atoms with Gasteiger partial charge < -0.3 is 16.2 Å². The van der Waals surface area contributed by atoms with Gasteiger partial charge in [0.25, 0.3) is 0 Å². The molecule has 15 heavy (non-hydrogen) atoms. The van der Waals surface area contributed by atoms with Gasteiger partial charge >= 0.3 is 0 Å². The van der Waals surface area contributed by atoms with Crippen molar-refractivity contribution in [1.29, 1.82) is 0 Å². The van der Waals surface area contributed by atoms with E-state index in [2.05, 4.69) is 5.32 Å². The van der Waals surface area contributed by atoms with E-state index in [1.165, 1.54) is 18.2 Å². The lowest BCUT2D eigenvalue weighted by Crippen LogP contribution is -2.11. The molecule has 1 atom stereocenters. The van der Waals surface area contributed by atoms with E-state index in [0.717, 1.165) is 19.5 Å². The minimum Gasteiger partial charge on any atom is -0.399 e. The molecule has 0 aromatic heterocycles. The van der Waals surface area contributed by atoms with Crippen molar-refractivity contribution in [1.82, 2.24) is 5.32 Å². The minimum atomic E-state index is -0.439. The van der Waals surface area contributed by atoms with E-state index in [0.29, 0.717) is 5.69 Å². The van der Waals surface area contributed by atoms with Gasteiger partial charge in [-0.1, -0.05) is 11.6 Å². The Balaban J connectivity index is 0.000000162. The number of nitrogens with two attached hydrogens (primary N) is 1. The zero-order chi connectivity index (χ0) is 11.3. The van der Waals surface area contributed by atoms with Crippen LogP contribution in [0.4, 0.5) is 10.1 Å². The van der Waals surface area contributed by atoms with Crippen LogP contribution >= 0.6 is 11.6 Å². The summed E-state index contributed by atoms with van der Waals surface area (Å²) < 4.78 is 12.3. The van der Waals surface area contributed by atoms with Crippen molar-refractivity contribution >= 4 is 17.3 Å². The summed E-state index contributed by atoms with van der Waals surface area (Å²) in [6.45, 7) is 1.78. The lowest BCUT2D eigenvalue weighted by Gasteiger charge is -1.93. The van der Waals surface area contributed by atoms with Gasteiger partial charge in [0.2, 0.25) is 0 Å². The second kappa shape index (κ2) is 5.90. The number of β-amino-alcohol motifs (C(OH)–C–C–N with tert-alkyl or cyclic N) is 1. The van der Waals surface area contributed by atoms with Crippen LogP contribution in [0.15, 0.2) is 18.2 Å². The highest BCUT2D eigenvalue weighted by Crippen LogP contribution is 2.16. The molecule has 5 heteroatoms. The van der Waals surface area contributed by atoms with Crippen molar-refractivity contribution < 1.29 is 9.50 Å². The molecule has 84 valence electrons. The van der Waals surface area contributed by atoms with E-state index >= 15 is 0 Å². The van der Waals surface area contributed by atoms with Gasteiger partial charge in [-0.05, 0) is 31.2 Å². The monoisotopic (exact) mass is 232 g/mol. The largest absolute Gasteiger partial charge is 0.399 e. The van der Waals surface area contributed by atoms with Crippen molar-refractivity contribution in [2.24, 2.45) is 0 Å². The Labute approximate surface area is 93.0 Å². The molecule has 1 saturated heterocycles. The molecule has 0 spiro atoms. The molecule has 1 aromatic rings. The third-order valence-electron chi connectivity index (χ3n) is 1.98. The smallest absolute Gasteiger partial charge is 0.141 e. The van der Waals surface area contributed by atoms with Crippen LogP contribution in [0.3, 0.4) is 0 Å². The zero-order valence-electron chi connectivity index (χ0n) is 8.21. The molecule has 0 amide bonds. The molecule has 4 N–H and O–H groups in total. The number of aliphatic hydroxyl groups excluding tert-OH is 1. The average Bonchev–Trinajstić information content (AvgIpc) is 2.64. The maximum atomic E-state index is 12.3. The van der Waals surface area contributed by atoms with Crippen LogP contribution < -0.4 is 11.1 Å². The van der Waals surface area contributed by atoms with Crippen molar-refractivity contribution in [2.45, 2.75) is 12.5 Å². The molecular formula is C10H14ClFN2O. The standard InChI is InChI=1S/C6H5ClFN.C4H9NO/c7-5-3-4(9)1-2-6(5)8;6-4-1-2-5-3-4/h1-3H,9H2;4-6H,1-3H2. The molecule has 1 aliphatic heterocycles. The number of halogens is 2. The minimum absolute atomic E-state index is 0.0648. The summed E-state index contributed by atoms with van der Waals surface area (Å²) >= 11 is 5.36. The predicted octanol–water partition coefficient (Wildman–Crippen LogP) is 1.40. The molecule has 2 rings (SSSR count). The zero-order valence-corrected chi connectivity index (χ0v) is 8.97. The molecule has 1 fully saturated rings. The van der Waals surface area contributed by atoms with Crippen LogP contribution in [-0.4, -0.2) is 24.3 Å². The predicted molar refractivity (Wildman–Crippen MR) is 59.3 cm³/mol. The molecule has 0 saturated carbocycles. The molecule has 0 radical (unpaired) electrons. The summed E-state index contributed by atoms with van der Waals surface area (Å²) in [5, 5.41) is 11.8. The first-order chi connectivity index (χ1) is 7.09. The second-order valence-corrected chi connectivity index (χ2v) is 3.73. The van der Waals surface area contributed by atoms with E-state index in [-0.39, 0.29) is 11.1 Å². The third kappa shape index (κ3) is 4.46. The lowest BCUT2D eigenvalue weighted by atomic mass is 10.3. The van der Waals surface area contributed by atoms with Gasteiger partial charge in [-0.25, -0.2) is 4.39 Å². The van der Waals surface area contributed by atoms with E-state index < -0.39 is 5.82 Å². The Morgan fingerprint density at radius 3 is 2.60 bits per heavy atom.